The number of nitrogens with one attached hydrogen (secondary N) is 2. The van der Waals surface area contributed by atoms with E-state index in [9.17, 15) is 8.42 Å². The van der Waals surface area contributed by atoms with E-state index in [0.717, 1.165) is 24.2 Å². The van der Waals surface area contributed by atoms with Gasteiger partial charge < -0.3 is 10.1 Å². The predicted molar refractivity (Wildman–Crippen MR) is 93.5 cm³/mol. The van der Waals surface area contributed by atoms with Crippen molar-refractivity contribution in [3.05, 3.63) is 58.1 Å². The zero-order valence-corrected chi connectivity index (χ0v) is 15.0. The first-order valence-corrected chi connectivity index (χ1v) is 9.35. The highest BCUT2D eigenvalue weighted by Crippen LogP contribution is 2.29. The fourth-order valence-corrected chi connectivity index (χ4v) is 4.51. The number of methoxy groups -OCH3 is 1. The third-order valence-electron chi connectivity index (χ3n) is 4.24. The molecule has 0 radical (unpaired) electrons. The molecule has 1 aliphatic rings. The average Bonchev–Trinajstić information content (AvgIpc) is 2.99. The van der Waals surface area contributed by atoms with E-state index >= 15 is 0 Å². The summed E-state index contributed by atoms with van der Waals surface area (Å²) in [5.41, 5.74) is 5.10. The molecule has 24 heavy (non-hydrogen) atoms. The van der Waals surface area contributed by atoms with Gasteiger partial charge in [-0.2, -0.15) is 0 Å². The Morgan fingerprint density at radius 1 is 1.12 bits per heavy atom. The summed E-state index contributed by atoms with van der Waals surface area (Å²) in [6, 6.07) is 9.65. The van der Waals surface area contributed by atoms with Crippen LogP contribution in [0.3, 0.4) is 0 Å². The second-order valence-corrected chi connectivity index (χ2v) is 7.85. The number of ether oxygens (including phenoxy) is 1. The fraction of sp³-hybridized carbons (Fsp3) is 0.333. The zero-order chi connectivity index (χ0) is 17.3. The topological polar surface area (TPSA) is 67.4 Å². The van der Waals surface area contributed by atoms with Crippen LogP contribution in [0.2, 0.25) is 0 Å². The minimum Gasteiger partial charge on any atom is -0.495 e. The van der Waals surface area contributed by atoms with Gasteiger partial charge in [0.05, 0.1) is 7.11 Å². The normalized spacial score (nSPS) is 13.8. The summed E-state index contributed by atoms with van der Waals surface area (Å²) < 4.78 is 33.5. The Hall–Kier alpha value is -1.89. The number of benzene rings is 2. The van der Waals surface area contributed by atoms with Crippen molar-refractivity contribution in [1.82, 2.24) is 10.0 Å². The van der Waals surface area contributed by atoms with Gasteiger partial charge in [-0.15, -0.1) is 0 Å². The number of aryl methyl sites for hydroxylation is 2. The summed E-state index contributed by atoms with van der Waals surface area (Å²) in [6.07, 6.45) is 0. The van der Waals surface area contributed by atoms with E-state index in [0.29, 0.717) is 11.3 Å². The third kappa shape index (κ3) is 3.31. The van der Waals surface area contributed by atoms with Crippen LogP contribution in [0.25, 0.3) is 0 Å². The average molecular weight is 346 g/mol. The molecule has 1 heterocycles. The second kappa shape index (κ2) is 6.55. The molecule has 0 atom stereocenters. The Morgan fingerprint density at radius 3 is 2.62 bits per heavy atom. The standard InChI is InChI=1S/C18H22N2O3S/c1-12-6-13(2)18(17(7-12)23-3)24(21,22)20-9-14-4-5-15-10-19-11-16(15)8-14/h4-8,19-20H,9-11H2,1-3H3. The first-order chi connectivity index (χ1) is 11.4. The van der Waals surface area contributed by atoms with Crippen LogP contribution in [0.15, 0.2) is 35.2 Å². The first-order valence-electron chi connectivity index (χ1n) is 7.87. The van der Waals surface area contributed by atoms with Crippen molar-refractivity contribution in [2.45, 2.75) is 38.4 Å². The predicted octanol–water partition coefficient (Wildman–Crippen LogP) is 2.39. The van der Waals surface area contributed by atoms with Crippen LogP contribution in [-0.2, 0) is 29.7 Å². The molecule has 0 fully saturated rings. The molecule has 0 bridgehead atoms. The molecule has 128 valence electrons. The Morgan fingerprint density at radius 2 is 1.88 bits per heavy atom. The van der Waals surface area contributed by atoms with E-state index in [1.807, 2.05) is 19.1 Å². The lowest BCUT2D eigenvalue weighted by Gasteiger charge is -2.14. The summed E-state index contributed by atoms with van der Waals surface area (Å²) in [6.45, 7) is 5.66. The summed E-state index contributed by atoms with van der Waals surface area (Å²) in [7, 11) is -2.17. The van der Waals surface area contributed by atoms with Gasteiger partial charge in [0.1, 0.15) is 10.6 Å². The molecule has 2 N–H and O–H groups in total. The highest BCUT2D eigenvalue weighted by Gasteiger charge is 2.22. The summed E-state index contributed by atoms with van der Waals surface area (Å²) >= 11 is 0. The van der Waals surface area contributed by atoms with Crippen molar-refractivity contribution in [1.29, 1.82) is 0 Å². The van der Waals surface area contributed by atoms with Crippen molar-refractivity contribution in [3.8, 4) is 5.75 Å². The van der Waals surface area contributed by atoms with Crippen molar-refractivity contribution < 1.29 is 13.2 Å². The molecule has 2 aromatic carbocycles. The number of sulfonamides is 1. The number of hydrogen-bond donors (Lipinski definition) is 2. The van der Waals surface area contributed by atoms with Gasteiger partial charge in [-0.3, -0.25) is 0 Å². The van der Waals surface area contributed by atoms with Crippen LogP contribution >= 0.6 is 0 Å². The molecule has 0 amide bonds. The SMILES string of the molecule is COc1cc(C)cc(C)c1S(=O)(=O)NCc1ccc2c(c1)CNC2. The highest BCUT2D eigenvalue weighted by molar-refractivity contribution is 7.89. The molecule has 0 unspecified atom stereocenters. The molecule has 0 aromatic heterocycles. The zero-order valence-electron chi connectivity index (χ0n) is 14.1. The van der Waals surface area contributed by atoms with Crippen LogP contribution in [0.5, 0.6) is 5.75 Å². The Balaban J connectivity index is 1.84. The quantitative estimate of drug-likeness (QED) is 0.872. The molecule has 2 aromatic rings. The van der Waals surface area contributed by atoms with Crippen LogP contribution in [-0.4, -0.2) is 15.5 Å². The van der Waals surface area contributed by atoms with Crippen LogP contribution < -0.4 is 14.8 Å². The van der Waals surface area contributed by atoms with E-state index in [-0.39, 0.29) is 11.4 Å². The molecule has 3 rings (SSSR count). The minimum absolute atomic E-state index is 0.207. The molecule has 0 spiro atoms. The highest BCUT2D eigenvalue weighted by atomic mass is 32.2. The van der Waals surface area contributed by atoms with E-state index in [2.05, 4.69) is 22.2 Å². The van der Waals surface area contributed by atoms with Crippen LogP contribution in [0.1, 0.15) is 27.8 Å². The third-order valence-corrected chi connectivity index (χ3v) is 5.83. The molecule has 1 aliphatic heterocycles. The van der Waals surface area contributed by atoms with Gasteiger partial charge in [-0.05, 0) is 47.7 Å². The maximum atomic E-state index is 12.7. The maximum Gasteiger partial charge on any atom is 0.244 e. The summed E-state index contributed by atoms with van der Waals surface area (Å²) in [5.74, 6) is 0.373. The van der Waals surface area contributed by atoms with Crippen molar-refractivity contribution in [2.24, 2.45) is 0 Å². The maximum absolute atomic E-state index is 12.7. The lowest BCUT2D eigenvalue weighted by molar-refractivity contribution is 0.401. The van der Waals surface area contributed by atoms with Gasteiger partial charge in [0.25, 0.3) is 0 Å². The monoisotopic (exact) mass is 346 g/mol. The van der Waals surface area contributed by atoms with Crippen LogP contribution in [0, 0.1) is 13.8 Å². The van der Waals surface area contributed by atoms with Gasteiger partial charge in [0, 0.05) is 19.6 Å². The molecule has 6 heteroatoms. The largest absolute Gasteiger partial charge is 0.495 e. The van der Waals surface area contributed by atoms with Crippen molar-refractivity contribution in [3.63, 3.8) is 0 Å². The Kier molecular flexibility index (Phi) is 4.62. The Labute approximate surface area is 143 Å². The smallest absolute Gasteiger partial charge is 0.244 e. The van der Waals surface area contributed by atoms with Gasteiger partial charge >= 0.3 is 0 Å². The molecule has 0 saturated heterocycles. The van der Waals surface area contributed by atoms with Gasteiger partial charge in [0.15, 0.2) is 0 Å². The molecule has 0 aliphatic carbocycles. The molecular weight excluding hydrogens is 324 g/mol. The van der Waals surface area contributed by atoms with Crippen molar-refractivity contribution >= 4 is 10.0 Å². The molecule has 0 saturated carbocycles. The number of fused-ring (bicyclic) bond motifs is 1. The number of hydrogen-bond acceptors (Lipinski definition) is 4. The molecule has 5 nitrogen and oxygen atoms in total. The van der Waals surface area contributed by atoms with Gasteiger partial charge in [-0.25, -0.2) is 13.1 Å². The number of rotatable bonds is 5. The van der Waals surface area contributed by atoms with E-state index in [1.54, 1.807) is 13.0 Å². The Bertz CT molecular complexity index is 876. The van der Waals surface area contributed by atoms with E-state index < -0.39 is 10.0 Å². The summed E-state index contributed by atoms with van der Waals surface area (Å²) in [5, 5.41) is 3.29. The van der Waals surface area contributed by atoms with Gasteiger partial charge in [0.2, 0.25) is 10.0 Å². The van der Waals surface area contributed by atoms with E-state index in [4.69, 9.17) is 4.74 Å². The second-order valence-electron chi connectivity index (χ2n) is 6.14. The summed E-state index contributed by atoms with van der Waals surface area (Å²) in [4.78, 5) is 0.207. The van der Waals surface area contributed by atoms with Crippen LogP contribution in [0.4, 0.5) is 0 Å². The lowest BCUT2D eigenvalue weighted by atomic mass is 10.1. The van der Waals surface area contributed by atoms with Crippen molar-refractivity contribution in [2.75, 3.05) is 7.11 Å². The first kappa shape index (κ1) is 17.0. The lowest BCUT2D eigenvalue weighted by Crippen LogP contribution is -2.24. The van der Waals surface area contributed by atoms with Gasteiger partial charge in [-0.1, -0.05) is 24.3 Å². The van der Waals surface area contributed by atoms with E-state index in [1.165, 1.54) is 18.2 Å². The molecular formula is C18H22N2O3S. The fourth-order valence-electron chi connectivity index (χ4n) is 3.12. The minimum atomic E-state index is -3.65.